The largest absolute Gasteiger partial charge is 0.462 e. The van der Waals surface area contributed by atoms with Crippen molar-refractivity contribution in [1.29, 1.82) is 0 Å². The van der Waals surface area contributed by atoms with Gasteiger partial charge < -0.3 is 14.2 Å². The predicted octanol–water partition coefficient (Wildman–Crippen LogP) is 15.6. The van der Waals surface area contributed by atoms with E-state index in [2.05, 4.69) is 93.7 Å². The molecule has 0 radical (unpaired) electrons. The molecule has 0 spiro atoms. The summed E-state index contributed by atoms with van der Waals surface area (Å²) in [7, 11) is 0. The Morgan fingerprint density at radius 2 is 0.804 bits per heavy atom. The number of rotatable bonds is 42. The number of carbonyl (C=O) groups is 2. The van der Waals surface area contributed by atoms with Crippen molar-refractivity contribution in [3.05, 3.63) is 72.9 Å². The number of carbonyl (C=O) groups excluding carboxylic acids is 2. The zero-order valence-corrected chi connectivity index (χ0v) is 36.9. The van der Waals surface area contributed by atoms with Gasteiger partial charge in [0.15, 0.2) is 6.10 Å². The number of hydrogen-bond donors (Lipinski definition) is 0. The van der Waals surface area contributed by atoms with Gasteiger partial charge in [0.2, 0.25) is 0 Å². The van der Waals surface area contributed by atoms with E-state index in [9.17, 15) is 9.59 Å². The van der Waals surface area contributed by atoms with Gasteiger partial charge in [0.25, 0.3) is 0 Å². The van der Waals surface area contributed by atoms with Crippen molar-refractivity contribution < 1.29 is 23.8 Å². The van der Waals surface area contributed by atoms with Crippen LogP contribution in [-0.2, 0) is 23.8 Å². The molecule has 56 heavy (non-hydrogen) atoms. The van der Waals surface area contributed by atoms with Crippen LogP contribution in [0, 0.1) is 0 Å². The van der Waals surface area contributed by atoms with Gasteiger partial charge in [-0.3, -0.25) is 9.59 Å². The van der Waals surface area contributed by atoms with Crippen LogP contribution in [0.15, 0.2) is 72.9 Å². The normalized spacial score (nSPS) is 12.8. The lowest BCUT2D eigenvalue weighted by Crippen LogP contribution is -2.30. The summed E-state index contributed by atoms with van der Waals surface area (Å²) in [4.78, 5) is 25.1. The molecule has 5 nitrogen and oxygen atoms in total. The van der Waals surface area contributed by atoms with Crippen molar-refractivity contribution in [3.63, 3.8) is 0 Å². The van der Waals surface area contributed by atoms with Crippen LogP contribution in [-0.4, -0.2) is 37.9 Å². The van der Waals surface area contributed by atoms with Crippen molar-refractivity contribution in [1.82, 2.24) is 0 Å². The molecule has 0 fully saturated rings. The Labute approximate surface area is 347 Å². The first-order valence-corrected chi connectivity index (χ1v) is 23.5. The molecule has 0 saturated heterocycles. The lowest BCUT2D eigenvalue weighted by atomic mass is 10.1. The van der Waals surface area contributed by atoms with Crippen molar-refractivity contribution >= 4 is 11.9 Å². The Bertz CT molecular complexity index is 1020. The summed E-state index contributed by atoms with van der Waals surface area (Å²) in [6, 6.07) is 0. The van der Waals surface area contributed by atoms with Gasteiger partial charge in [0.05, 0.1) is 6.61 Å². The van der Waals surface area contributed by atoms with Crippen molar-refractivity contribution in [3.8, 4) is 0 Å². The minimum atomic E-state index is -0.541. The molecule has 0 aromatic carbocycles. The quantitative estimate of drug-likeness (QED) is 0.0351. The van der Waals surface area contributed by atoms with Gasteiger partial charge in [-0.05, 0) is 83.5 Å². The number of allylic oxidation sites excluding steroid dienone is 12. The fraction of sp³-hybridized carbons (Fsp3) is 0.725. The molecule has 1 atom stereocenters. The maximum Gasteiger partial charge on any atom is 0.306 e. The highest BCUT2D eigenvalue weighted by Crippen LogP contribution is 2.13. The summed E-state index contributed by atoms with van der Waals surface area (Å²) in [5, 5.41) is 0. The van der Waals surface area contributed by atoms with E-state index >= 15 is 0 Å². The van der Waals surface area contributed by atoms with E-state index in [0.29, 0.717) is 19.4 Å². The molecular weight excluding hydrogens is 693 g/mol. The third kappa shape index (κ3) is 44.1. The van der Waals surface area contributed by atoms with E-state index in [1.54, 1.807) is 0 Å². The standard InChI is InChI=1S/C51H88O5/c1-4-7-10-13-15-17-19-21-23-25-27-29-31-33-35-37-40-43-46-54-47-49(56-51(53)45-42-38-12-9-6-3)48-55-50(52)44-41-39-36-34-32-30-28-26-24-22-20-18-16-14-11-8-5-2/h7-8,10-11,15-18,21-24,49H,4-6,9,12-14,19-20,25-48H2,1-3H3/b10-7-,11-8-,17-15-,18-16-,23-21-,24-22-. The SMILES string of the molecule is CC/C=C\C/C=C\C/C=C\CCCCCCCCCCOCC(COC(=O)CCCCCCCCC/C=C\C/C=C\C/C=C\CC)OC(=O)CCCCCCC. The first-order valence-electron chi connectivity index (χ1n) is 23.5. The van der Waals surface area contributed by atoms with Gasteiger partial charge in [-0.15, -0.1) is 0 Å². The van der Waals surface area contributed by atoms with Crippen LogP contribution in [0.2, 0.25) is 0 Å². The van der Waals surface area contributed by atoms with Gasteiger partial charge in [-0.2, -0.15) is 0 Å². The van der Waals surface area contributed by atoms with Gasteiger partial charge >= 0.3 is 11.9 Å². The Hall–Kier alpha value is -2.66. The second-order valence-electron chi connectivity index (χ2n) is 15.3. The molecule has 0 saturated carbocycles. The Kier molecular flexibility index (Phi) is 44.5. The summed E-state index contributed by atoms with van der Waals surface area (Å²) in [5.41, 5.74) is 0. The number of hydrogen-bond acceptors (Lipinski definition) is 5. The molecule has 5 heteroatoms. The molecule has 0 N–H and O–H groups in total. The molecule has 0 heterocycles. The van der Waals surface area contributed by atoms with Crippen LogP contribution >= 0.6 is 0 Å². The summed E-state index contributed by atoms with van der Waals surface area (Å²) in [5.74, 6) is -0.426. The molecule has 0 aliphatic rings. The van der Waals surface area contributed by atoms with Gasteiger partial charge in [0, 0.05) is 19.4 Å². The van der Waals surface area contributed by atoms with Gasteiger partial charge in [0.1, 0.15) is 6.61 Å². The van der Waals surface area contributed by atoms with Crippen LogP contribution in [0.1, 0.15) is 213 Å². The van der Waals surface area contributed by atoms with Crippen molar-refractivity contribution in [2.45, 2.75) is 219 Å². The van der Waals surface area contributed by atoms with Crippen LogP contribution in [0.5, 0.6) is 0 Å². The van der Waals surface area contributed by atoms with E-state index in [1.165, 1.54) is 83.5 Å². The topological polar surface area (TPSA) is 61.8 Å². The Morgan fingerprint density at radius 3 is 1.29 bits per heavy atom. The Balaban J connectivity index is 4.07. The first-order chi connectivity index (χ1) is 27.6. The highest BCUT2D eigenvalue weighted by atomic mass is 16.6. The molecule has 1 unspecified atom stereocenters. The highest BCUT2D eigenvalue weighted by Gasteiger charge is 2.17. The maximum absolute atomic E-state index is 12.6. The van der Waals surface area contributed by atoms with Gasteiger partial charge in [-0.25, -0.2) is 0 Å². The number of unbranched alkanes of at least 4 members (excludes halogenated alkanes) is 19. The van der Waals surface area contributed by atoms with E-state index in [0.717, 1.165) is 96.3 Å². The molecule has 0 aliphatic carbocycles. The highest BCUT2D eigenvalue weighted by molar-refractivity contribution is 5.70. The Morgan fingerprint density at radius 1 is 0.411 bits per heavy atom. The first kappa shape index (κ1) is 53.3. The third-order valence-electron chi connectivity index (χ3n) is 9.74. The third-order valence-corrected chi connectivity index (χ3v) is 9.74. The minimum absolute atomic E-state index is 0.0746. The van der Waals surface area contributed by atoms with Crippen molar-refractivity contribution in [2.24, 2.45) is 0 Å². The molecule has 0 aromatic heterocycles. The monoisotopic (exact) mass is 781 g/mol. The maximum atomic E-state index is 12.6. The molecule has 0 amide bonds. The molecule has 0 aromatic rings. The number of ether oxygens (including phenoxy) is 3. The fourth-order valence-electron chi connectivity index (χ4n) is 6.30. The molecule has 322 valence electrons. The van der Waals surface area contributed by atoms with E-state index < -0.39 is 6.10 Å². The smallest absolute Gasteiger partial charge is 0.306 e. The lowest BCUT2D eigenvalue weighted by molar-refractivity contribution is -0.163. The predicted molar refractivity (Wildman–Crippen MR) is 242 cm³/mol. The lowest BCUT2D eigenvalue weighted by Gasteiger charge is -2.18. The molecular formula is C51H88O5. The summed E-state index contributed by atoms with van der Waals surface area (Å²) in [6.45, 7) is 7.51. The zero-order valence-electron chi connectivity index (χ0n) is 36.9. The second kappa shape index (κ2) is 46.7. The average molecular weight is 781 g/mol. The molecule has 0 aliphatic heterocycles. The summed E-state index contributed by atoms with van der Waals surface area (Å²) >= 11 is 0. The molecule has 0 rings (SSSR count). The van der Waals surface area contributed by atoms with Gasteiger partial charge in [-0.1, -0.05) is 190 Å². The average Bonchev–Trinajstić information content (AvgIpc) is 3.20. The van der Waals surface area contributed by atoms with Crippen LogP contribution < -0.4 is 0 Å². The van der Waals surface area contributed by atoms with Crippen LogP contribution in [0.3, 0.4) is 0 Å². The fourth-order valence-corrected chi connectivity index (χ4v) is 6.30. The van der Waals surface area contributed by atoms with E-state index in [1.807, 2.05) is 0 Å². The second-order valence-corrected chi connectivity index (χ2v) is 15.3. The van der Waals surface area contributed by atoms with E-state index in [-0.39, 0.29) is 25.2 Å². The van der Waals surface area contributed by atoms with Crippen LogP contribution in [0.25, 0.3) is 0 Å². The number of esters is 2. The minimum Gasteiger partial charge on any atom is -0.462 e. The van der Waals surface area contributed by atoms with Crippen LogP contribution in [0.4, 0.5) is 0 Å². The van der Waals surface area contributed by atoms with Crippen molar-refractivity contribution in [2.75, 3.05) is 19.8 Å². The molecule has 0 bridgehead atoms. The summed E-state index contributed by atoms with van der Waals surface area (Å²) < 4.78 is 17.2. The summed E-state index contributed by atoms with van der Waals surface area (Å²) in [6.07, 6.45) is 59.3. The van der Waals surface area contributed by atoms with E-state index in [4.69, 9.17) is 14.2 Å². The zero-order chi connectivity index (χ0) is 40.7.